The van der Waals surface area contributed by atoms with Crippen LogP contribution in [0.15, 0.2) is 48.5 Å². The quantitative estimate of drug-likeness (QED) is 0.477. The second-order valence-corrected chi connectivity index (χ2v) is 8.28. The van der Waals surface area contributed by atoms with Crippen LogP contribution in [0.3, 0.4) is 0 Å². The third-order valence-electron chi connectivity index (χ3n) is 3.70. The fourth-order valence-electron chi connectivity index (χ4n) is 2.17. The number of nitrogens with zero attached hydrogens (tertiary/aromatic N) is 2. The number of benzene rings is 2. The van der Waals surface area contributed by atoms with Crippen LogP contribution in [-0.2, 0) is 20.4 Å². The summed E-state index contributed by atoms with van der Waals surface area (Å²) in [7, 11) is -1.47. The van der Waals surface area contributed by atoms with Gasteiger partial charge >= 0.3 is 0 Å². The van der Waals surface area contributed by atoms with Gasteiger partial charge in [0, 0.05) is 45.2 Å². The van der Waals surface area contributed by atoms with Gasteiger partial charge < -0.3 is 0 Å². The van der Waals surface area contributed by atoms with Crippen molar-refractivity contribution >= 4 is 57.2 Å². The van der Waals surface area contributed by atoms with Crippen molar-refractivity contribution < 1.29 is 24.2 Å². The lowest BCUT2D eigenvalue weighted by molar-refractivity contribution is -0.123. The molecule has 0 aromatic heterocycles. The van der Waals surface area contributed by atoms with Crippen LogP contribution < -0.4 is 10.1 Å². The molecule has 0 bridgehead atoms. The molecule has 0 aliphatic heterocycles. The fraction of sp³-hybridized carbons (Fsp3) is 0.222. The molecule has 2 amide bonds. The Hall–Kier alpha value is -1.97. The third-order valence-corrected chi connectivity index (χ3v) is 5.52. The van der Waals surface area contributed by atoms with E-state index in [4.69, 9.17) is 23.2 Å². The molecule has 0 saturated carbocycles. The first-order valence-electron chi connectivity index (χ1n) is 8.17. The van der Waals surface area contributed by atoms with Gasteiger partial charge in [0.2, 0.25) is 0 Å². The average molecular weight is 445 g/mol. The van der Waals surface area contributed by atoms with E-state index in [1.165, 1.54) is 48.5 Å². The molecule has 0 heterocycles. The van der Waals surface area contributed by atoms with Crippen LogP contribution in [0.4, 0.5) is 11.4 Å². The van der Waals surface area contributed by atoms with Crippen molar-refractivity contribution in [2.45, 2.75) is 12.8 Å². The molecule has 150 valence electrons. The van der Waals surface area contributed by atoms with Crippen LogP contribution in [0.2, 0.25) is 10.0 Å². The Morgan fingerprint density at radius 1 is 0.750 bits per heavy atom. The Kier molecular flexibility index (Phi) is 8.40. The Balaban J connectivity index is 1.77. The van der Waals surface area contributed by atoms with Gasteiger partial charge in [0.05, 0.1) is 11.4 Å². The van der Waals surface area contributed by atoms with Gasteiger partial charge in [-0.05, 0) is 48.5 Å². The van der Waals surface area contributed by atoms with Crippen LogP contribution in [0.1, 0.15) is 12.8 Å². The molecule has 0 spiro atoms. The maximum Gasteiger partial charge on any atom is 0.251 e. The highest BCUT2D eigenvalue weighted by molar-refractivity contribution is 7.85. The highest BCUT2D eigenvalue weighted by atomic mass is 35.5. The van der Waals surface area contributed by atoms with Crippen LogP contribution in [0.5, 0.6) is 0 Å². The number of hydroxylamine groups is 2. The summed E-state index contributed by atoms with van der Waals surface area (Å²) < 4.78 is 12.0. The second kappa shape index (κ2) is 10.5. The number of carbonyl (C=O) groups excluding carboxylic acids is 2. The molecule has 0 unspecified atom stereocenters. The van der Waals surface area contributed by atoms with Crippen LogP contribution >= 0.6 is 23.2 Å². The summed E-state index contributed by atoms with van der Waals surface area (Å²) in [4.78, 5) is 23.9. The normalized spacial score (nSPS) is 10.8. The Labute approximate surface area is 174 Å². The van der Waals surface area contributed by atoms with E-state index in [0.29, 0.717) is 20.2 Å². The van der Waals surface area contributed by atoms with Crippen LogP contribution in [0.25, 0.3) is 0 Å². The molecule has 0 radical (unpaired) electrons. The van der Waals surface area contributed by atoms with Gasteiger partial charge in [0.25, 0.3) is 11.8 Å². The highest BCUT2D eigenvalue weighted by Gasteiger charge is 2.17. The van der Waals surface area contributed by atoms with Gasteiger partial charge in [-0.25, -0.2) is 0 Å². The van der Waals surface area contributed by atoms with Crippen LogP contribution in [-0.4, -0.2) is 37.9 Å². The predicted molar refractivity (Wildman–Crippen MR) is 109 cm³/mol. The zero-order valence-electron chi connectivity index (χ0n) is 14.6. The van der Waals surface area contributed by atoms with E-state index in [2.05, 4.69) is 0 Å². The minimum atomic E-state index is -1.47. The number of rotatable bonds is 8. The number of anilines is 2. The van der Waals surface area contributed by atoms with E-state index < -0.39 is 22.6 Å². The SMILES string of the molecule is O=C(CCS(=O)CCC(=O)N(O)c1ccc(Cl)cc1)N(O)c1ccc(Cl)cc1. The molecule has 0 aliphatic rings. The number of amides is 2. The molecule has 2 rings (SSSR count). The maximum atomic E-state index is 12.0. The summed E-state index contributed by atoms with van der Waals surface area (Å²) in [6.45, 7) is 0. The number of hydrogen-bond acceptors (Lipinski definition) is 5. The molecule has 0 saturated heterocycles. The largest absolute Gasteiger partial charge is 0.281 e. The topological polar surface area (TPSA) is 98.2 Å². The minimum Gasteiger partial charge on any atom is -0.281 e. The number of halogens is 2. The zero-order valence-corrected chi connectivity index (χ0v) is 17.0. The lowest BCUT2D eigenvalue weighted by Crippen LogP contribution is -2.29. The molecule has 0 atom stereocenters. The van der Waals surface area contributed by atoms with Gasteiger partial charge in [-0.15, -0.1) is 0 Å². The summed E-state index contributed by atoms with van der Waals surface area (Å²) in [6.07, 6.45) is -0.333. The van der Waals surface area contributed by atoms with Gasteiger partial charge in [-0.2, -0.15) is 10.1 Å². The van der Waals surface area contributed by atoms with E-state index in [0.717, 1.165) is 0 Å². The Morgan fingerprint density at radius 3 is 1.39 bits per heavy atom. The molecule has 2 aromatic carbocycles. The molecular weight excluding hydrogens is 427 g/mol. The number of hydrogen-bond donors (Lipinski definition) is 2. The first-order chi connectivity index (χ1) is 13.3. The van der Waals surface area contributed by atoms with Crippen LogP contribution in [0, 0.1) is 0 Å². The molecule has 2 aromatic rings. The zero-order chi connectivity index (χ0) is 20.7. The van der Waals surface area contributed by atoms with Crippen molar-refractivity contribution in [3.63, 3.8) is 0 Å². The molecule has 2 N–H and O–H groups in total. The molecule has 0 fully saturated rings. The average Bonchev–Trinajstić information content (AvgIpc) is 2.70. The first kappa shape index (κ1) is 22.3. The second-order valence-electron chi connectivity index (χ2n) is 5.71. The van der Waals surface area contributed by atoms with E-state index in [-0.39, 0.29) is 35.7 Å². The standard InChI is InChI=1S/C18H18Cl2N2O5S/c19-13-1-5-15(6-2-13)21(25)17(23)9-11-28(27)12-10-18(24)22(26)16-7-3-14(20)4-8-16/h1-8,25-26H,9-12H2. The van der Waals surface area contributed by atoms with Gasteiger partial charge in [0.1, 0.15) is 0 Å². The molecule has 0 aliphatic carbocycles. The maximum absolute atomic E-state index is 12.0. The minimum absolute atomic E-state index is 0.0247. The third kappa shape index (κ3) is 6.57. The smallest absolute Gasteiger partial charge is 0.251 e. The van der Waals surface area contributed by atoms with Crippen molar-refractivity contribution in [2.75, 3.05) is 21.6 Å². The lowest BCUT2D eigenvalue weighted by atomic mass is 10.3. The lowest BCUT2D eigenvalue weighted by Gasteiger charge is -2.16. The predicted octanol–water partition coefficient (Wildman–Crippen LogP) is 3.67. The van der Waals surface area contributed by atoms with E-state index >= 15 is 0 Å². The van der Waals surface area contributed by atoms with Crippen molar-refractivity contribution in [2.24, 2.45) is 0 Å². The van der Waals surface area contributed by atoms with E-state index in [9.17, 15) is 24.2 Å². The summed E-state index contributed by atoms with van der Waals surface area (Å²) in [5.41, 5.74) is 0.489. The number of carbonyl (C=O) groups is 2. The van der Waals surface area contributed by atoms with Crippen molar-refractivity contribution in [1.82, 2.24) is 0 Å². The molecule has 10 heteroatoms. The Bertz CT molecular complexity index is 777. The summed E-state index contributed by atoms with van der Waals surface area (Å²) in [6, 6.07) is 12.0. The summed E-state index contributed by atoms with van der Waals surface area (Å²) in [5, 5.41) is 21.6. The Morgan fingerprint density at radius 2 is 1.07 bits per heavy atom. The highest BCUT2D eigenvalue weighted by Crippen LogP contribution is 2.18. The fourth-order valence-corrected chi connectivity index (χ4v) is 3.43. The monoisotopic (exact) mass is 444 g/mol. The molecular formula is C18H18Cl2N2O5S. The summed E-state index contributed by atoms with van der Waals surface area (Å²) >= 11 is 11.5. The molecule has 7 nitrogen and oxygen atoms in total. The van der Waals surface area contributed by atoms with Crippen molar-refractivity contribution in [3.8, 4) is 0 Å². The van der Waals surface area contributed by atoms with E-state index in [1.807, 2.05) is 0 Å². The van der Waals surface area contributed by atoms with Gasteiger partial charge in [0.15, 0.2) is 0 Å². The van der Waals surface area contributed by atoms with Gasteiger partial charge in [-0.3, -0.25) is 24.2 Å². The van der Waals surface area contributed by atoms with E-state index in [1.54, 1.807) is 0 Å². The van der Waals surface area contributed by atoms with Crippen molar-refractivity contribution in [1.29, 1.82) is 0 Å². The van der Waals surface area contributed by atoms with Crippen molar-refractivity contribution in [3.05, 3.63) is 58.6 Å². The first-order valence-corrected chi connectivity index (χ1v) is 10.4. The van der Waals surface area contributed by atoms with Gasteiger partial charge in [-0.1, -0.05) is 23.2 Å². The molecule has 28 heavy (non-hydrogen) atoms. The summed E-state index contributed by atoms with van der Waals surface area (Å²) in [5.74, 6) is -1.31.